The minimum absolute atomic E-state index is 0.0484. The molecule has 1 rings (SSSR count). The van der Waals surface area contributed by atoms with Crippen molar-refractivity contribution >= 4 is 5.91 Å². The van der Waals surface area contributed by atoms with Gasteiger partial charge < -0.3 is 10.1 Å². The van der Waals surface area contributed by atoms with E-state index in [1.807, 2.05) is 0 Å². The maximum atomic E-state index is 11.6. The summed E-state index contributed by atoms with van der Waals surface area (Å²) in [6, 6.07) is 0. The van der Waals surface area contributed by atoms with E-state index in [9.17, 15) is 4.79 Å². The minimum Gasteiger partial charge on any atom is -0.369 e. The first-order valence-electron chi connectivity index (χ1n) is 8.10. The van der Waals surface area contributed by atoms with Crippen LogP contribution in [0.1, 0.15) is 71.6 Å². The van der Waals surface area contributed by atoms with E-state index in [4.69, 9.17) is 4.74 Å². The molecule has 0 bridgehead atoms. The second-order valence-corrected chi connectivity index (χ2v) is 5.93. The zero-order chi connectivity index (χ0) is 13.9. The van der Waals surface area contributed by atoms with Gasteiger partial charge in [-0.15, -0.1) is 0 Å². The van der Waals surface area contributed by atoms with Gasteiger partial charge in [0.1, 0.15) is 6.61 Å². The van der Waals surface area contributed by atoms with Crippen LogP contribution < -0.4 is 5.32 Å². The van der Waals surface area contributed by atoms with Crippen molar-refractivity contribution in [3.05, 3.63) is 0 Å². The third-order valence-electron chi connectivity index (χ3n) is 4.03. The van der Waals surface area contributed by atoms with E-state index in [2.05, 4.69) is 19.2 Å². The molecule has 19 heavy (non-hydrogen) atoms. The average molecular weight is 269 g/mol. The van der Waals surface area contributed by atoms with Crippen LogP contribution in [-0.2, 0) is 9.53 Å². The topological polar surface area (TPSA) is 38.3 Å². The highest BCUT2D eigenvalue weighted by Gasteiger charge is 2.15. The monoisotopic (exact) mass is 269 g/mol. The highest BCUT2D eigenvalue weighted by molar-refractivity contribution is 5.77. The van der Waals surface area contributed by atoms with Crippen LogP contribution in [0, 0.1) is 5.92 Å². The van der Waals surface area contributed by atoms with Gasteiger partial charge in [0.15, 0.2) is 0 Å². The van der Waals surface area contributed by atoms with E-state index in [0.717, 1.165) is 13.0 Å². The van der Waals surface area contributed by atoms with E-state index in [0.29, 0.717) is 5.92 Å². The Bertz CT molecular complexity index is 237. The van der Waals surface area contributed by atoms with Gasteiger partial charge >= 0.3 is 0 Å². The molecule has 0 aliphatic heterocycles. The minimum atomic E-state index is 0.0484. The number of rotatable bonds is 10. The number of ether oxygens (including phenoxy) is 1. The van der Waals surface area contributed by atoms with Crippen molar-refractivity contribution in [3.8, 4) is 0 Å². The van der Waals surface area contributed by atoms with Crippen molar-refractivity contribution in [1.29, 1.82) is 0 Å². The largest absolute Gasteiger partial charge is 0.369 e. The fourth-order valence-corrected chi connectivity index (χ4v) is 2.68. The van der Waals surface area contributed by atoms with Crippen LogP contribution >= 0.6 is 0 Å². The summed E-state index contributed by atoms with van der Waals surface area (Å²) in [6.07, 6.45) is 11.5. The first-order valence-corrected chi connectivity index (χ1v) is 8.10. The fraction of sp³-hybridized carbons (Fsp3) is 0.938. The lowest BCUT2D eigenvalue weighted by Gasteiger charge is -2.14. The first kappa shape index (κ1) is 16.5. The van der Waals surface area contributed by atoms with Crippen LogP contribution in [0.3, 0.4) is 0 Å². The number of carbonyl (C=O) groups excluding carboxylic acids is 1. The molecule has 112 valence electrons. The maximum Gasteiger partial charge on any atom is 0.246 e. The predicted molar refractivity (Wildman–Crippen MR) is 79.1 cm³/mol. The summed E-state index contributed by atoms with van der Waals surface area (Å²) in [4.78, 5) is 11.6. The van der Waals surface area contributed by atoms with Crippen molar-refractivity contribution in [1.82, 2.24) is 5.32 Å². The van der Waals surface area contributed by atoms with E-state index in [1.54, 1.807) is 0 Å². The van der Waals surface area contributed by atoms with Gasteiger partial charge in [-0.25, -0.2) is 0 Å². The summed E-state index contributed by atoms with van der Waals surface area (Å²) in [5.74, 6) is 0.753. The maximum absolute atomic E-state index is 11.6. The Morgan fingerprint density at radius 3 is 2.68 bits per heavy atom. The van der Waals surface area contributed by atoms with Gasteiger partial charge in [-0.2, -0.15) is 0 Å². The zero-order valence-corrected chi connectivity index (χ0v) is 12.7. The average Bonchev–Trinajstić information content (AvgIpc) is 2.92. The van der Waals surface area contributed by atoms with Crippen molar-refractivity contribution in [2.45, 2.75) is 77.7 Å². The highest BCUT2D eigenvalue weighted by atomic mass is 16.5. The molecule has 1 N–H and O–H groups in total. The van der Waals surface area contributed by atoms with Gasteiger partial charge in [0.05, 0.1) is 6.10 Å². The molecular weight excluding hydrogens is 238 g/mol. The summed E-state index contributed by atoms with van der Waals surface area (Å²) in [5, 5.41) is 2.99. The lowest BCUT2D eigenvalue weighted by atomic mass is 10.1. The second-order valence-electron chi connectivity index (χ2n) is 5.93. The summed E-state index contributed by atoms with van der Waals surface area (Å²) in [7, 11) is 0. The lowest BCUT2D eigenvalue weighted by Crippen LogP contribution is -2.32. The molecule has 1 amide bonds. The molecular formula is C16H31NO2. The molecule has 1 saturated carbocycles. The molecule has 0 aromatic rings. The number of hydrogen-bond donors (Lipinski definition) is 1. The van der Waals surface area contributed by atoms with Crippen molar-refractivity contribution in [2.24, 2.45) is 5.92 Å². The van der Waals surface area contributed by atoms with Crippen molar-refractivity contribution in [2.75, 3.05) is 13.2 Å². The van der Waals surface area contributed by atoms with E-state index >= 15 is 0 Å². The normalized spacial score (nSPS) is 17.6. The van der Waals surface area contributed by atoms with Gasteiger partial charge in [-0.1, -0.05) is 45.4 Å². The Hall–Kier alpha value is -0.570. The predicted octanol–water partition coefficient (Wildman–Crippen LogP) is 3.67. The number of nitrogens with one attached hydrogen (secondary N) is 1. The van der Waals surface area contributed by atoms with Gasteiger partial charge in [-0.3, -0.25) is 4.79 Å². The van der Waals surface area contributed by atoms with Crippen LogP contribution in [0.25, 0.3) is 0 Å². The van der Waals surface area contributed by atoms with Crippen molar-refractivity contribution < 1.29 is 9.53 Å². The van der Waals surface area contributed by atoms with Gasteiger partial charge in [0.25, 0.3) is 0 Å². The Morgan fingerprint density at radius 1 is 1.26 bits per heavy atom. The van der Waals surface area contributed by atoms with Gasteiger partial charge in [0.2, 0.25) is 5.91 Å². The van der Waals surface area contributed by atoms with E-state index in [-0.39, 0.29) is 18.6 Å². The molecule has 3 nitrogen and oxygen atoms in total. The number of unbranched alkanes of at least 4 members (excludes halogenated alkanes) is 3. The molecule has 1 atom stereocenters. The summed E-state index contributed by atoms with van der Waals surface area (Å²) in [6.45, 7) is 5.35. The second kappa shape index (κ2) is 10.2. The third-order valence-corrected chi connectivity index (χ3v) is 4.03. The lowest BCUT2D eigenvalue weighted by molar-refractivity contribution is -0.127. The van der Waals surface area contributed by atoms with Crippen LogP contribution in [0.15, 0.2) is 0 Å². The summed E-state index contributed by atoms with van der Waals surface area (Å²) < 4.78 is 5.59. The van der Waals surface area contributed by atoms with E-state index < -0.39 is 0 Å². The Balaban J connectivity index is 1.95. The molecule has 0 aromatic heterocycles. The Kier molecular flexibility index (Phi) is 8.89. The molecule has 0 radical (unpaired) electrons. The van der Waals surface area contributed by atoms with E-state index in [1.165, 1.54) is 51.4 Å². The number of hydrogen-bond acceptors (Lipinski definition) is 2. The molecule has 1 unspecified atom stereocenters. The standard InChI is InChI=1S/C16H31NO2/c1-3-4-5-6-9-14(2)19-13-16(18)17-12-15-10-7-8-11-15/h14-15H,3-13H2,1-2H3,(H,17,18). The SMILES string of the molecule is CCCCCCC(C)OCC(=O)NCC1CCCC1. The fourth-order valence-electron chi connectivity index (χ4n) is 2.68. The molecule has 0 heterocycles. The van der Waals surface area contributed by atoms with Crippen molar-refractivity contribution in [3.63, 3.8) is 0 Å². The molecule has 1 fully saturated rings. The summed E-state index contributed by atoms with van der Waals surface area (Å²) in [5.41, 5.74) is 0. The molecule has 0 spiro atoms. The first-order chi connectivity index (χ1) is 9.22. The molecule has 0 aromatic carbocycles. The Labute approximate surface area is 118 Å². The van der Waals surface area contributed by atoms with Crippen LogP contribution in [0.4, 0.5) is 0 Å². The van der Waals surface area contributed by atoms with Crippen LogP contribution in [-0.4, -0.2) is 25.2 Å². The highest BCUT2D eigenvalue weighted by Crippen LogP contribution is 2.23. The Morgan fingerprint density at radius 2 is 2.00 bits per heavy atom. The number of carbonyl (C=O) groups is 1. The molecule has 0 saturated heterocycles. The molecule has 3 heteroatoms. The zero-order valence-electron chi connectivity index (χ0n) is 12.7. The molecule has 1 aliphatic carbocycles. The summed E-state index contributed by atoms with van der Waals surface area (Å²) >= 11 is 0. The van der Waals surface area contributed by atoms with Crippen LogP contribution in [0.2, 0.25) is 0 Å². The molecule has 1 aliphatic rings. The smallest absolute Gasteiger partial charge is 0.246 e. The third kappa shape index (κ3) is 8.25. The van der Waals surface area contributed by atoms with Crippen LogP contribution in [0.5, 0.6) is 0 Å². The van der Waals surface area contributed by atoms with Gasteiger partial charge in [-0.05, 0) is 32.1 Å². The quantitative estimate of drug-likeness (QED) is 0.615. The van der Waals surface area contributed by atoms with Gasteiger partial charge in [0, 0.05) is 6.54 Å². The number of amides is 1.